The summed E-state index contributed by atoms with van der Waals surface area (Å²) in [5, 5.41) is 0. The van der Waals surface area contributed by atoms with Crippen LogP contribution in [0.1, 0.15) is 10.4 Å². The van der Waals surface area contributed by atoms with Crippen molar-refractivity contribution in [2.45, 2.75) is 0 Å². The first-order chi connectivity index (χ1) is 9.00. The van der Waals surface area contributed by atoms with E-state index in [-0.39, 0.29) is 11.6 Å². The van der Waals surface area contributed by atoms with Crippen LogP contribution in [-0.4, -0.2) is 5.97 Å². The highest BCUT2D eigenvalue weighted by molar-refractivity contribution is 5.91. The highest BCUT2D eigenvalue weighted by Gasteiger charge is 2.23. The van der Waals surface area contributed by atoms with Crippen LogP contribution >= 0.6 is 0 Å². The molecule has 98 valence electrons. The normalized spacial score (nSPS) is 10.3. The second-order valence-corrected chi connectivity index (χ2v) is 3.55. The minimum Gasteiger partial charge on any atom is -0.416 e. The van der Waals surface area contributed by atoms with Gasteiger partial charge in [0.05, 0.1) is 5.56 Å². The van der Waals surface area contributed by atoms with Gasteiger partial charge in [0.25, 0.3) is 0 Å². The van der Waals surface area contributed by atoms with Gasteiger partial charge < -0.3 is 4.74 Å². The molecular formula is C13H6F4O2. The van der Waals surface area contributed by atoms with Crippen LogP contribution in [0.3, 0.4) is 0 Å². The molecule has 0 heterocycles. The Morgan fingerprint density at radius 3 is 1.95 bits per heavy atom. The standard InChI is InChI=1S/C13H6F4O2/c14-8-6-9(15)11(17)12(10(8)16)19-13(18)7-4-2-1-3-5-7/h1-6H. The van der Waals surface area contributed by atoms with Gasteiger partial charge in [0, 0.05) is 6.07 Å². The fourth-order valence-corrected chi connectivity index (χ4v) is 1.37. The second-order valence-electron chi connectivity index (χ2n) is 3.55. The van der Waals surface area contributed by atoms with Crippen molar-refractivity contribution in [2.24, 2.45) is 0 Å². The third-order valence-corrected chi connectivity index (χ3v) is 2.28. The molecule has 0 spiro atoms. The van der Waals surface area contributed by atoms with Crippen LogP contribution in [0, 0.1) is 23.3 Å². The quantitative estimate of drug-likeness (QED) is 0.361. The Hall–Kier alpha value is -2.37. The maximum atomic E-state index is 13.3. The molecule has 19 heavy (non-hydrogen) atoms. The number of halogens is 4. The molecule has 6 heteroatoms. The highest BCUT2D eigenvalue weighted by Crippen LogP contribution is 2.27. The average Bonchev–Trinajstić information content (AvgIpc) is 2.42. The van der Waals surface area contributed by atoms with E-state index in [4.69, 9.17) is 0 Å². The maximum Gasteiger partial charge on any atom is 0.343 e. The van der Waals surface area contributed by atoms with E-state index in [0.29, 0.717) is 0 Å². The van der Waals surface area contributed by atoms with Gasteiger partial charge >= 0.3 is 5.97 Å². The predicted octanol–water partition coefficient (Wildman–Crippen LogP) is 3.46. The van der Waals surface area contributed by atoms with Crippen LogP contribution in [0.15, 0.2) is 36.4 Å². The van der Waals surface area contributed by atoms with Crippen LogP contribution in [0.5, 0.6) is 5.75 Å². The lowest BCUT2D eigenvalue weighted by Crippen LogP contribution is -2.12. The van der Waals surface area contributed by atoms with E-state index < -0.39 is 35.0 Å². The van der Waals surface area contributed by atoms with E-state index in [9.17, 15) is 22.4 Å². The Morgan fingerprint density at radius 2 is 1.42 bits per heavy atom. The highest BCUT2D eigenvalue weighted by atomic mass is 19.2. The molecule has 0 amide bonds. The molecule has 0 N–H and O–H groups in total. The smallest absolute Gasteiger partial charge is 0.343 e. The molecule has 2 aromatic carbocycles. The zero-order valence-corrected chi connectivity index (χ0v) is 9.29. The molecule has 0 fully saturated rings. The molecule has 0 saturated carbocycles. The van der Waals surface area contributed by atoms with E-state index >= 15 is 0 Å². The van der Waals surface area contributed by atoms with Crippen molar-refractivity contribution in [3.8, 4) is 5.75 Å². The Kier molecular flexibility index (Phi) is 3.50. The Labute approximate surface area is 105 Å². The molecular weight excluding hydrogens is 264 g/mol. The summed E-state index contributed by atoms with van der Waals surface area (Å²) >= 11 is 0. The zero-order valence-electron chi connectivity index (χ0n) is 9.29. The summed E-state index contributed by atoms with van der Waals surface area (Å²) in [4.78, 5) is 11.5. The largest absolute Gasteiger partial charge is 0.416 e. The number of carbonyl (C=O) groups is 1. The molecule has 2 aromatic rings. The van der Waals surface area contributed by atoms with Crippen molar-refractivity contribution in [1.29, 1.82) is 0 Å². The molecule has 0 bridgehead atoms. The Bertz CT molecular complexity index is 600. The molecule has 0 saturated heterocycles. The minimum absolute atomic E-state index is 0.00836. The Morgan fingerprint density at radius 1 is 0.895 bits per heavy atom. The summed E-state index contributed by atoms with van der Waals surface area (Å²) in [5.41, 5.74) is -0.00836. The van der Waals surface area contributed by atoms with E-state index in [1.165, 1.54) is 24.3 Å². The minimum atomic E-state index is -1.76. The molecule has 0 atom stereocenters. The van der Waals surface area contributed by atoms with Crippen LogP contribution < -0.4 is 4.74 Å². The van der Waals surface area contributed by atoms with Gasteiger partial charge in [-0.05, 0) is 12.1 Å². The lowest BCUT2D eigenvalue weighted by atomic mass is 10.2. The van der Waals surface area contributed by atoms with Gasteiger partial charge in [0.1, 0.15) is 0 Å². The van der Waals surface area contributed by atoms with E-state index in [2.05, 4.69) is 4.74 Å². The van der Waals surface area contributed by atoms with Crippen molar-refractivity contribution in [3.63, 3.8) is 0 Å². The first-order valence-corrected chi connectivity index (χ1v) is 5.11. The summed E-state index contributed by atoms with van der Waals surface area (Å²) in [5.74, 6) is -9.33. The maximum absolute atomic E-state index is 13.3. The molecule has 0 aliphatic carbocycles. The zero-order chi connectivity index (χ0) is 14.0. The molecule has 0 unspecified atom stereocenters. The van der Waals surface area contributed by atoms with Gasteiger partial charge in [-0.1, -0.05) is 18.2 Å². The Balaban J connectivity index is 2.37. The van der Waals surface area contributed by atoms with Crippen molar-refractivity contribution in [3.05, 3.63) is 65.2 Å². The first-order valence-electron chi connectivity index (χ1n) is 5.11. The monoisotopic (exact) mass is 270 g/mol. The fraction of sp³-hybridized carbons (Fsp3) is 0. The summed E-state index contributed by atoms with van der Waals surface area (Å²) < 4.78 is 56.7. The third kappa shape index (κ3) is 2.57. The number of esters is 1. The van der Waals surface area contributed by atoms with Gasteiger partial charge in [0.15, 0.2) is 11.6 Å². The second kappa shape index (κ2) is 5.09. The number of ether oxygens (including phenoxy) is 1. The van der Waals surface area contributed by atoms with E-state index in [0.717, 1.165) is 0 Å². The number of hydrogen-bond donors (Lipinski definition) is 0. The third-order valence-electron chi connectivity index (χ3n) is 2.28. The van der Waals surface area contributed by atoms with Crippen LogP contribution in [-0.2, 0) is 0 Å². The summed E-state index contributed by atoms with van der Waals surface area (Å²) in [6, 6.07) is 7.29. The summed E-state index contributed by atoms with van der Waals surface area (Å²) in [6.07, 6.45) is 0. The lowest BCUT2D eigenvalue weighted by Gasteiger charge is -2.07. The fourth-order valence-electron chi connectivity index (χ4n) is 1.37. The van der Waals surface area contributed by atoms with Crippen molar-refractivity contribution >= 4 is 5.97 Å². The van der Waals surface area contributed by atoms with Crippen LogP contribution in [0.2, 0.25) is 0 Å². The average molecular weight is 270 g/mol. The molecule has 0 aromatic heterocycles. The van der Waals surface area contributed by atoms with Crippen molar-refractivity contribution in [2.75, 3.05) is 0 Å². The summed E-state index contributed by atoms with van der Waals surface area (Å²) in [6.45, 7) is 0. The van der Waals surface area contributed by atoms with Crippen LogP contribution in [0.4, 0.5) is 17.6 Å². The van der Waals surface area contributed by atoms with E-state index in [1.54, 1.807) is 6.07 Å². The van der Waals surface area contributed by atoms with E-state index in [1.807, 2.05) is 0 Å². The van der Waals surface area contributed by atoms with Crippen LogP contribution in [0.25, 0.3) is 0 Å². The molecule has 0 aliphatic rings. The summed E-state index contributed by atoms with van der Waals surface area (Å²) in [7, 11) is 0. The SMILES string of the molecule is O=C(Oc1c(F)c(F)cc(F)c1F)c1ccccc1. The molecule has 2 rings (SSSR count). The predicted molar refractivity (Wildman–Crippen MR) is 57.7 cm³/mol. The molecule has 0 radical (unpaired) electrons. The number of benzene rings is 2. The van der Waals surface area contributed by atoms with Gasteiger partial charge in [0.2, 0.25) is 17.4 Å². The van der Waals surface area contributed by atoms with Crippen molar-refractivity contribution in [1.82, 2.24) is 0 Å². The topological polar surface area (TPSA) is 26.3 Å². The molecule has 2 nitrogen and oxygen atoms in total. The number of carbonyl (C=O) groups excluding carboxylic acids is 1. The van der Waals surface area contributed by atoms with Gasteiger partial charge in [-0.2, -0.15) is 8.78 Å². The first kappa shape index (κ1) is 13.1. The van der Waals surface area contributed by atoms with Crippen molar-refractivity contribution < 1.29 is 27.1 Å². The lowest BCUT2D eigenvalue weighted by molar-refractivity contribution is 0.0717. The number of hydrogen-bond acceptors (Lipinski definition) is 2. The number of rotatable bonds is 2. The molecule has 0 aliphatic heterocycles. The van der Waals surface area contributed by atoms with Gasteiger partial charge in [-0.3, -0.25) is 0 Å². The van der Waals surface area contributed by atoms with Gasteiger partial charge in [-0.15, -0.1) is 0 Å². The van der Waals surface area contributed by atoms with Gasteiger partial charge in [-0.25, -0.2) is 13.6 Å².